The largest absolute Gasteiger partial charge is 0.300 e. The lowest BCUT2D eigenvalue weighted by Gasteiger charge is -2.01. The standard InChI is InChI=1S/C10H15N5S/c1-6-7(2)14-15(8(6)3)5-9-4-12-10(13-11)16-9/h4H,5,11H2,1-3H3,(H,12,13). The van der Waals surface area contributed by atoms with Crippen LogP contribution >= 0.6 is 11.3 Å². The molecular formula is C10H15N5S. The van der Waals surface area contributed by atoms with Crippen LogP contribution in [-0.4, -0.2) is 14.8 Å². The van der Waals surface area contributed by atoms with Gasteiger partial charge in [-0.05, 0) is 26.3 Å². The Morgan fingerprint density at radius 1 is 1.44 bits per heavy atom. The zero-order chi connectivity index (χ0) is 11.7. The van der Waals surface area contributed by atoms with Crippen LogP contribution in [-0.2, 0) is 6.54 Å². The number of hydrogen-bond acceptors (Lipinski definition) is 5. The van der Waals surface area contributed by atoms with Gasteiger partial charge in [-0.25, -0.2) is 10.8 Å². The predicted molar refractivity (Wildman–Crippen MR) is 65.5 cm³/mol. The summed E-state index contributed by atoms with van der Waals surface area (Å²) in [6.07, 6.45) is 1.83. The molecule has 0 fully saturated rings. The van der Waals surface area contributed by atoms with E-state index >= 15 is 0 Å². The second-order valence-electron chi connectivity index (χ2n) is 3.73. The van der Waals surface area contributed by atoms with Gasteiger partial charge < -0.3 is 0 Å². The molecule has 0 atom stereocenters. The Hall–Kier alpha value is -1.40. The Balaban J connectivity index is 2.23. The molecule has 0 unspecified atom stereocenters. The molecule has 0 bridgehead atoms. The van der Waals surface area contributed by atoms with E-state index in [1.165, 1.54) is 11.3 Å². The topological polar surface area (TPSA) is 68.8 Å². The van der Waals surface area contributed by atoms with Crippen LogP contribution in [0.5, 0.6) is 0 Å². The van der Waals surface area contributed by atoms with Gasteiger partial charge in [0.25, 0.3) is 0 Å². The molecule has 0 aliphatic rings. The summed E-state index contributed by atoms with van der Waals surface area (Å²) in [4.78, 5) is 5.27. The molecule has 6 heteroatoms. The van der Waals surface area contributed by atoms with Crippen molar-refractivity contribution >= 4 is 16.5 Å². The molecule has 2 aromatic rings. The molecular weight excluding hydrogens is 222 g/mol. The Morgan fingerprint density at radius 2 is 2.19 bits per heavy atom. The molecule has 0 aliphatic carbocycles. The Kier molecular flexibility index (Phi) is 2.93. The second kappa shape index (κ2) is 4.23. The molecule has 2 heterocycles. The van der Waals surface area contributed by atoms with E-state index in [-0.39, 0.29) is 0 Å². The average molecular weight is 237 g/mol. The number of hydrogen-bond donors (Lipinski definition) is 2. The Morgan fingerprint density at radius 3 is 2.69 bits per heavy atom. The molecule has 5 nitrogen and oxygen atoms in total. The quantitative estimate of drug-likeness (QED) is 0.628. The number of nitrogens with two attached hydrogens (primary N) is 1. The van der Waals surface area contributed by atoms with Crippen molar-refractivity contribution in [1.82, 2.24) is 14.8 Å². The summed E-state index contributed by atoms with van der Waals surface area (Å²) in [5, 5.41) is 5.21. The molecule has 2 aromatic heterocycles. The molecule has 3 N–H and O–H groups in total. The van der Waals surface area contributed by atoms with Crippen molar-refractivity contribution in [2.45, 2.75) is 27.3 Å². The highest BCUT2D eigenvalue weighted by molar-refractivity contribution is 7.15. The molecule has 0 spiro atoms. The third kappa shape index (κ3) is 1.94. The summed E-state index contributed by atoms with van der Waals surface area (Å²) >= 11 is 1.54. The second-order valence-corrected chi connectivity index (χ2v) is 4.84. The van der Waals surface area contributed by atoms with Gasteiger partial charge >= 0.3 is 0 Å². The van der Waals surface area contributed by atoms with E-state index in [0.717, 1.165) is 22.2 Å². The average Bonchev–Trinajstić information content (AvgIpc) is 2.81. The van der Waals surface area contributed by atoms with E-state index in [0.29, 0.717) is 0 Å². The molecule has 0 amide bonds. The minimum Gasteiger partial charge on any atom is -0.300 e. The zero-order valence-electron chi connectivity index (χ0n) is 9.61. The monoisotopic (exact) mass is 237 g/mol. The molecule has 86 valence electrons. The molecule has 0 aliphatic heterocycles. The van der Waals surface area contributed by atoms with Crippen LogP contribution in [0.1, 0.15) is 21.8 Å². The van der Waals surface area contributed by atoms with Crippen LogP contribution in [0.4, 0.5) is 5.13 Å². The van der Waals surface area contributed by atoms with E-state index in [1.54, 1.807) is 11.3 Å². The molecule has 0 saturated carbocycles. The fraction of sp³-hybridized carbons (Fsp3) is 0.400. The van der Waals surface area contributed by atoms with Gasteiger partial charge in [-0.15, -0.1) is 0 Å². The maximum Gasteiger partial charge on any atom is 0.197 e. The number of aryl methyl sites for hydroxylation is 1. The molecule has 16 heavy (non-hydrogen) atoms. The van der Waals surface area contributed by atoms with Crippen LogP contribution in [0.15, 0.2) is 6.20 Å². The Labute approximate surface area is 98.3 Å². The fourth-order valence-corrected chi connectivity index (χ4v) is 2.24. The smallest absolute Gasteiger partial charge is 0.197 e. The minimum atomic E-state index is 0.730. The number of nitrogen functional groups attached to an aromatic ring is 1. The van der Waals surface area contributed by atoms with E-state index in [1.807, 2.05) is 17.8 Å². The van der Waals surface area contributed by atoms with Gasteiger partial charge in [-0.1, -0.05) is 11.3 Å². The third-order valence-electron chi connectivity index (χ3n) is 2.73. The zero-order valence-corrected chi connectivity index (χ0v) is 10.4. The molecule has 2 rings (SSSR count). The van der Waals surface area contributed by atoms with Gasteiger partial charge in [0, 0.05) is 16.8 Å². The van der Waals surface area contributed by atoms with Crippen molar-refractivity contribution in [3.8, 4) is 0 Å². The summed E-state index contributed by atoms with van der Waals surface area (Å²) in [5.74, 6) is 5.29. The highest BCUT2D eigenvalue weighted by Crippen LogP contribution is 2.19. The highest BCUT2D eigenvalue weighted by atomic mass is 32.1. The normalized spacial score (nSPS) is 10.8. The fourth-order valence-electron chi connectivity index (χ4n) is 1.54. The summed E-state index contributed by atoms with van der Waals surface area (Å²) < 4.78 is 2.00. The van der Waals surface area contributed by atoms with Crippen LogP contribution in [0.3, 0.4) is 0 Å². The van der Waals surface area contributed by atoms with Crippen LogP contribution in [0.25, 0.3) is 0 Å². The van der Waals surface area contributed by atoms with E-state index < -0.39 is 0 Å². The Bertz CT molecular complexity index is 499. The summed E-state index contributed by atoms with van der Waals surface area (Å²) in [6, 6.07) is 0. The van der Waals surface area contributed by atoms with Crippen LogP contribution < -0.4 is 11.3 Å². The van der Waals surface area contributed by atoms with Crippen molar-refractivity contribution in [1.29, 1.82) is 0 Å². The SMILES string of the molecule is Cc1nn(Cc2cnc(NN)s2)c(C)c1C. The molecule has 0 saturated heterocycles. The predicted octanol–water partition coefficient (Wildman–Crippen LogP) is 1.60. The van der Waals surface area contributed by atoms with Gasteiger partial charge in [0.1, 0.15) is 0 Å². The van der Waals surface area contributed by atoms with Gasteiger partial charge in [-0.3, -0.25) is 10.1 Å². The van der Waals surface area contributed by atoms with Crippen molar-refractivity contribution in [3.05, 3.63) is 28.0 Å². The lowest BCUT2D eigenvalue weighted by molar-refractivity contribution is 0.664. The third-order valence-corrected chi connectivity index (χ3v) is 3.64. The van der Waals surface area contributed by atoms with E-state index in [2.05, 4.69) is 29.4 Å². The van der Waals surface area contributed by atoms with Gasteiger partial charge in [0.15, 0.2) is 5.13 Å². The number of anilines is 1. The van der Waals surface area contributed by atoms with E-state index in [4.69, 9.17) is 5.84 Å². The summed E-state index contributed by atoms with van der Waals surface area (Å²) in [5.41, 5.74) is 6.08. The molecule has 0 aromatic carbocycles. The lowest BCUT2D eigenvalue weighted by atomic mass is 10.2. The van der Waals surface area contributed by atoms with Crippen molar-refractivity contribution in [2.75, 3.05) is 5.43 Å². The minimum absolute atomic E-state index is 0.730. The van der Waals surface area contributed by atoms with Crippen molar-refractivity contribution < 1.29 is 0 Å². The van der Waals surface area contributed by atoms with Crippen molar-refractivity contribution in [3.63, 3.8) is 0 Å². The van der Waals surface area contributed by atoms with Crippen LogP contribution in [0, 0.1) is 20.8 Å². The first kappa shape index (κ1) is 11.1. The summed E-state index contributed by atoms with van der Waals surface area (Å²) in [7, 11) is 0. The number of aromatic nitrogens is 3. The summed E-state index contributed by atoms with van der Waals surface area (Å²) in [6.45, 7) is 6.95. The first-order valence-corrected chi connectivity index (χ1v) is 5.85. The number of rotatable bonds is 3. The van der Waals surface area contributed by atoms with Crippen LogP contribution in [0.2, 0.25) is 0 Å². The van der Waals surface area contributed by atoms with Gasteiger partial charge in [-0.2, -0.15) is 5.10 Å². The molecule has 0 radical (unpaired) electrons. The maximum atomic E-state index is 5.29. The lowest BCUT2D eigenvalue weighted by Crippen LogP contribution is -2.05. The van der Waals surface area contributed by atoms with Gasteiger partial charge in [0.05, 0.1) is 12.2 Å². The first-order valence-electron chi connectivity index (χ1n) is 5.03. The number of hydrazine groups is 1. The number of nitrogens with one attached hydrogen (secondary N) is 1. The highest BCUT2D eigenvalue weighted by Gasteiger charge is 2.09. The number of thiazole rings is 1. The first-order chi connectivity index (χ1) is 7.61. The number of nitrogens with zero attached hydrogens (tertiary/aromatic N) is 3. The van der Waals surface area contributed by atoms with Gasteiger partial charge in [0.2, 0.25) is 0 Å². The maximum absolute atomic E-state index is 5.29. The van der Waals surface area contributed by atoms with E-state index in [9.17, 15) is 0 Å². The van der Waals surface area contributed by atoms with Crippen molar-refractivity contribution in [2.24, 2.45) is 5.84 Å².